The van der Waals surface area contributed by atoms with Crippen molar-refractivity contribution >= 4 is 23.0 Å². The zero-order chi connectivity index (χ0) is 18.1. The summed E-state index contributed by atoms with van der Waals surface area (Å²) in [5, 5.41) is 9.88. The van der Waals surface area contributed by atoms with Crippen LogP contribution < -0.4 is 0 Å². The molecule has 4 aromatic rings. The third-order valence-electron chi connectivity index (χ3n) is 4.19. The number of hydrogen-bond acceptors (Lipinski definition) is 4. The number of oxazole rings is 1. The molecule has 0 bridgehead atoms. The maximum Gasteiger partial charge on any atom is 0.227 e. The zero-order valence-corrected chi connectivity index (χ0v) is 14.6. The number of aromatic nitrogens is 1. The van der Waals surface area contributed by atoms with E-state index in [4.69, 9.17) is 4.42 Å². The number of rotatable bonds is 3. The average molecular weight is 342 g/mol. The highest BCUT2D eigenvalue weighted by Crippen LogP contribution is 2.26. The van der Waals surface area contributed by atoms with Crippen LogP contribution in [0.1, 0.15) is 16.7 Å². The van der Waals surface area contributed by atoms with Gasteiger partial charge in [0.05, 0.1) is 5.69 Å². The van der Waals surface area contributed by atoms with Crippen molar-refractivity contribution in [2.75, 3.05) is 0 Å². The first-order chi connectivity index (χ1) is 12.6. The maximum atomic E-state index is 9.88. The fraction of sp³-hybridized carbons (Fsp3) is 0.0909. The standard InChI is InChI=1S/C22H18N2O2/c1-14-3-9-20(25)17(11-14)13-23-18-7-5-16(6-8-18)22-24-19-12-15(2)4-10-21(19)26-22/h3-13,25H,1-2H3. The number of aryl methyl sites for hydroxylation is 2. The van der Waals surface area contributed by atoms with Crippen LogP contribution in [0.3, 0.4) is 0 Å². The highest BCUT2D eigenvalue weighted by molar-refractivity contribution is 5.85. The van der Waals surface area contributed by atoms with Crippen molar-refractivity contribution in [1.82, 2.24) is 4.98 Å². The summed E-state index contributed by atoms with van der Waals surface area (Å²) in [6.45, 7) is 4.01. The zero-order valence-electron chi connectivity index (χ0n) is 14.6. The van der Waals surface area contributed by atoms with Gasteiger partial charge in [-0.15, -0.1) is 0 Å². The number of fused-ring (bicyclic) bond motifs is 1. The van der Waals surface area contributed by atoms with Crippen LogP contribution in [-0.4, -0.2) is 16.3 Å². The highest BCUT2D eigenvalue weighted by atomic mass is 16.3. The predicted octanol–water partition coefficient (Wildman–Crippen LogP) is 5.57. The molecular weight excluding hydrogens is 324 g/mol. The van der Waals surface area contributed by atoms with Crippen LogP contribution in [-0.2, 0) is 0 Å². The summed E-state index contributed by atoms with van der Waals surface area (Å²) in [6.07, 6.45) is 1.67. The number of nitrogens with zero attached hydrogens (tertiary/aromatic N) is 2. The molecule has 0 aliphatic heterocycles. The smallest absolute Gasteiger partial charge is 0.227 e. The molecule has 0 saturated heterocycles. The Labute approximate surface area is 151 Å². The van der Waals surface area contributed by atoms with E-state index in [0.717, 1.165) is 33.5 Å². The summed E-state index contributed by atoms with van der Waals surface area (Å²) in [5.41, 5.74) is 6.26. The van der Waals surface area contributed by atoms with E-state index >= 15 is 0 Å². The molecule has 26 heavy (non-hydrogen) atoms. The molecule has 1 aromatic heterocycles. The summed E-state index contributed by atoms with van der Waals surface area (Å²) in [5.74, 6) is 0.815. The van der Waals surface area contributed by atoms with Crippen LogP contribution in [0, 0.1) is 13.8 Å². The van der Waals surface area contributed by atoms with Gasteiger partial charge in [0.15, 0.2) is 5.58 Å². The topological polar surface area (TPSA) is 58.6 Å². The first-order valence-corrected chi connectivity index (χ1v) is 8.40. The third kappa shape index (κ3) is 3.22. The van der Waals surface area contributed by atoms with Crippen molar-refractivity contribution in [2.24, 2.45) is 4.99 Å². The number of aliphatic imine (C=N–C) groups is 1. The van der Waals surface area contributed by atoms with E-state index in [2.05, 4.69) is 9.98 Å². The molecule has 0 saturated carbocycles. The summed E-state index contributed by atoms with van der Waals surface area (Å²) in [7, 11) is 0. The second kappa shape index (κ2) is 6.48. The fourth-order valence-electron chi connectivity index (χ4n) is 2.77. The lowest BCUT2D eigenvalue weighted by Crippen LogP contribution is -1.84. The Morgan fingerprint density at radius 3 is 2.46 bits per heavy atom. The molecule has 3 aromatic carbocycles. The summed E-state index contributed by atoms with van der Waals surface area (Å²) >= 11 is 0. The van der Waals surface area contributed by atoms with Crippen molar-refractivity contribution < 1.29 is 9.52 Å². The van der Waals surface area contributed by atoms with E-state index in [1.807, 2.05) is 68.4 Å². The number of hydrogen-bond donors (Lipinski definition) is 1. The Bertz CT molecular complexity index is 1110. The van der Waals surface area contributed by atoms with Crippen LogP contribution in [0.15, 0.2) is 70.1 Å². The molecule has 0 fully saturated rings. The summed E-state index contributed by atoms with van der Waals surface area (Å²) in [4.78, 5) is 8.98. The summed E-state index contributed by atoms with van der Waals surface area (Å²) < 4.78 is 5.82. The number of aromatic hydroxyl groups is 1. The van der Waals surface area contributed by atoms with Crippen molar-refractivity contribution in [2.45, 2.75) is 13.8 Å². The van der Waals surface area contributed by atoms with Gasteiger partial charge in [-0.05, 0) is 67.9 Å². The lowest BCUT2D eigenvalue weighted by molar-refractivity contribution is 0.474. The van der Waals surface area contributed by atoms with Crippen molar-refractivity contribution in [1.29, 1.82) is 0 Å². The van der Waals surface area contributed by atoms with E-state index in [9.17, 15) is 5.11 Å². The molecule has 0 atom stereocenters. The molecule has 0 radical (unpaired) electrons. The monoisotopic (exact) mass is 342 g/mol. The average Bonchev–Trinajstić information content (AvgIpc) is 3.06. The van der Waals surface area contributed by atoms with Crippen LogP contribution in [0.25, 0.3) is 22.6 Å². The second-order valence-corrected chi connectivity index (χ2v) is 6.36. The molecule has 0 spiro atoms. The predicted molar refractivity (Wildman–Crippen MR) is 104 cm³/mol. The molecule has 4 heteroatoms. The van der Waals surface area contributed by atoms with Gasteiger partial charge < -0.3 is 9.52 Å². The van der Waals surface area contributed by atoms with Gasteiger partial charge in [-0.1, -0.05) is 17.7 Å². The van der Waals surface area contributed by atoms with Gasteiger partial charge in [0, 0.05) is 17.3 Å². The van der Waals surface area contributed by atoms with Crippen LogP contribution in [0.2, 0.25) is 0 Å². The van der Waals surface area contributed by atoms with Crippen molar-refractivity contribution in [3.8, 4) is 17.2 Å². The first kappa shape index (κ1) is 16.1. The molecule has 1 N–H and O–H groups in total. The van der Waals surface area contributed by atoms with Crippen molar-refractivity contribution in [3.05, 3.63) is 77.4 Å². The Balaban J connectivity index is 1.59. The number of benzene rings is 3. The van der Waals surface area contributed by atoms with Crippen LogP contribution in [0.5, 0.6) is 5.75 Å². The fourth-order valence-corrected chi connectivity index (χ4v) is 2.77. The minimum atomic E-state index is 0.220. The van der Waals surface area contributed by atoms with E-state index < -0.39 is 0 Å². The molecule has 1 heterocycles. The molecule has 4 nitrogen and oxygen atoms in total. The van der Waals surface area contributed by atoms with Crippen LogP contribution in [0.4, 0.5) is 5.69 Å². The van der Waals surface area contributed by atoms with Gasteiger partial charge in [0.25, 0.3) is 0 Å². The molecular formula is C22H18N2O2. The number of phenols is 1. The molecule has 0 unspecified atom stereocenters. The minimum Gasteiger partial charge on any atom is -0.507 e. The Morgan fingerprint density at radius 2 is 1.65 bits per heavy atom. The lowest BCUT2D eigenvalue weighted by atomic mass is 10.1. The van der Waals surface area contributed by atoms with Crippen molar-refractivity contribution in [3.63, 3.8) is 0 Å². The van der Waals surface area contributed by atoms with Gasteiger partial charge in [-0.3, -0.25) is 4.99 Å². The molecule has 4 rings (SSSR count). The van der Waals surface area contributed by atoms with Gasteiger partial charge in [-0.25, -0.2) is 4.98 Å². The molecule has 0 aliphatic carbocycles. The van der Waals surface area contributed by atoms with E-state index in [1.165, 1.54) is 0 Å². The van der Waals surface area contributed by atoms with Gasteiger partial charge in [0.1, 0.15) is 11.3 Å². The quantitative estimate of drug-likeness (QED) is 0.495. The van der Waals surface area contributed by atoms with Crippen LogP contribution >= 0.6 is 0 Å². The second-order valence-electron chi connectivity index (χ2n) is 6.36. The Hall–Kier alpha value is -3.40. The van der Waals surface area contributed by atoms with E-state index in [-0.39, 0.29) is 5.75 Å². The van der Waals surface area contributed by atoms with E-state index in [1.54, 1.807) is 12.3 Å². The molecule has 0 amide bonds. The molecule has 128 valence electrons. The SMILES string of the molecule is Cc1ccc(O)c(C=Nc2ccc(-c3nc4cc(C)ccc4o3)cc2)c1. The third-order valence-corrected chi connectivity index (χ3v) is 4.19. The Morgan fingerprint density at radius 1 is 0.923 bits per heavy atom. The van der Waals surface area contributed by atoms with Gasteiger partial charge in [0.2, 0.25) is 5.89 Å². The van der Waals surface area contributed by atoms with Gasteiger partial charge >= 0.3 is 0 Å². The normalized spacial score (nSPS) is 11.5. The molecule has 0 aliphatic rings. The lowest BCUT2D eigenvalue weighted by Gasteiger charge is -2.00. The number of phenolic OH excluding ortho intramolecular Hbond substituents is 1. The summed E-state index contributed by atoms with van der Waals surface area (Å²) in [6, 6.07) is 19.1. The first-order valence-electron chi connectivity index (χ1n) is 8.40. The minimum absolute atomic E-state index is 0.220. The largest absolute Gasteiger partial charge is 0.507 e. The van der Waals surface area contributed by atoms with E-state index in [0.29, 0.717) is 11.5 Å². The Kier molecular flexibility index (Phi) is 4.01. The van der Waals surface area contributed by atoms with Gasteiger partial charge in [-0.2, -0.15) is 0 Å². The highest BCUT2D eigenvalue weighted by Gasteiger charge is 2.08. The maximum absolute atomic E-state index is 9.88.